The van der Waals surface area contributed by atoms with Crippen LogP contribution in [0.3, 0.4) is 0 Å². The molecule has 8 nitrogen and oxygen atoms in total. The van der Waals surface area contributed by atoms with Crippen molar-refractivity contribution in [3.05, 3.63) is 70.1 Å². The first-order valence-electron chi connectivity index (χ1n) is 9.42. The number of halogens is 1. The van der Waals surface area contributed by atoms with E-state index in [4.69, 9.17) is 0 Å². The number of anilines is 1. The molecule has 0 saturated carbocycles. The van der Waals surface area contributed by atoms with E-state index < -0.39 is 10.7 Å². The quantitative estimate of drug-likeness (QED) is 0.494. The van der Waals surface area contributed by atoms with Crippen LogP contribution in [0.4, 0.5) is 15.9 Å². The van der Waals surface area contributed by atoms with Crippen LogP contribution in [0.15, 0.2) is 54.1 Å². The van der Waals surface area contributed by atoms with Gasteiger partial charge in [-0.15, -0.1) is 0 Å². The minimum absolute atomic E-state index is 0.151. The van der Waals surface area contributed by atoms with Gasteiger partial charge in [0.1, 0.15) is 23.4 Å². The first kappa shape index (κ1) is 17.5. The van der Waals surface area contributed by atoms with Gasteiger partial charge in [0.05, 0.1) is 11.1 Å². The number of imidazole rings is 1. The normalized spacial score (nSPS) is 16.4. The summed E-state index contributed by atoms with van der Waals surface area (Å²) < 4.78 is 15.3. The smallest absolute Gasteiger partial charge is 0.320 e. The second kappa shape index (κ2) is 6.77. The van der Waals surface area contributed by atoms with Crippen molar-refractivity contribution in [2.24, 2.45) is 0 Å². The van der Waals surface area contributed by atoms with Crippen LogP contribution in [0.2, 0.25) is 0 Å². The Morgan fingerprint density at radius 3 is 2.86 bits per heavy atom. The first-order chi connectivity index (χ1) is 14.1. The number of aromatic nitrogens is 4. The van der Waals surface area contributed by atoms with E-state index in [0.717, 1.165) is 31.4 Å². The lowest BCUT2D eigenvalue weighted by molar-refractivity contribution is -0.384. The first-order valence-corrected chi connectivity index (χ1v) is 9.42. The number of allylic oxidation sites excluding steroid dienone is 3. The Bertz CT molecular complexity index is 1200. The monoisotopic (exact) mass is 392 g/mol. The fraction of sp³-hybridized carbons (Fsp3) is 0.250. The molecule has 0 fully saturated rings. The zero-order valence-electron chi connectivity index (χ0n) is 15.5. The Hall–Kier alpha value is -3.62. The van der Waals surface area contributed by atoms with Crippen molar-refractivity contribution in [1.82, 2.24) is 19.4 Å². The van der Waals surface area contributed by atoms with Gasteiger partial charge >= 0.3 is 5.69 Å². The molecule has 4 heterocycles. The van der Waals surface area contributed by atoms with Crippen LogP contribution in [-0.4, -0.2) is 30.8 Å². The number of hydrogen-bond donors (Lipinski definition) is 0. The summed E-state index contributed by atoms with van der Waals surface area (Å²) in [5.74, 6) is 0.0957. The van der Waals surface area contributed by atoms with Crippen molar-refractivity contribution < 1.29 is 9.31 Å². The number of pyridine rings is 1. The molecule has 0 N–H and O–H groups in total. The Morgan fingerprint density at radius 1 is 1.14 bits per heavy atom. The molecule has 1 aliphatic carbocycles. The molecule has 0 amide bonds. The zero-order valence-corrected chi connectivity index (χ0v) is 15.5. The molecule has 5 rings (SSSR count). The molecule has 0 atom stereocenters. The van der Waals surface area contributed by atoms with E-state index in [0.29, 0.717) is 17.9 Å². The van der Waals surface area contributed by atoms with E-state index in [-0.39, 0.29) is 17.3 Å². The number of hydrogen-bond acceptors (Lipinski definition) is 6. The van der Waals surface area contributed by atoms with Gasteiger partial charge in [0.2, 0.25) is 5.82 Å². The highest BCUT2D eigenvalue weighted by molar-refractivity contribution is 5.67. The summed E-state index contributed by atoms with van der Waals surface area (Å²) in [6, 6.07) is 2.88. The summed E-state index contributed by atoms with van der Waals surface area (Å²) in [6.07, 6.45) is 12.1. The van der Waals surface area contributed by atoms with E-state index in [9.17, 15) is 14.5 Å². The molecule has 3 aromatic rings. The van der Waals surface area contributed by atoms with E-state index in [1.165, 1.54) is 24.0 Å². The van der Waals surface area contributed by atoms with Crippen LogP contribution < -0.4 is 4.90 Å². The molecule has 1 aliphatic heterocycles. The molecular formula is C20H17FN6O2. The third kappa shape index (κ3) is 2.95. The average molecular weight is 392 g/mol. The molecule has 0 radical (unpaired) electrons. The molecule has 0 bridgehead atoms. The van der Waals surface area contributed by atoms with Crippen LogP contribution in [0, 0.1) is 15.9 Å². The maximum atomic E-state index is 13.7. The lowest BCUT2D eigenvalue weighted by Crippen LogP contribution is -2.29. The predicted octanol–water partition coefficient (Wildman–Crippen LogP) is 4.04. The van der Waals surface area contributed by atoms with Gasteiger partial charge in [-0.3, -0.25) is 14.5 Å². The van der Waals surface area contributed by atoms with Gasteiger partial charge in [-0.2, -0.15) is 0 Å². The van der Waals surface area contributed by atoms with Gasteiger partial charge in [0.25, 0.3) is 0 Å². The van der Waals surface area contributed by atoms with Crippen LogP contribution in [0.1, 0.15) is 25.7 Å². The lowest BCUT2D eigenvalue weighted by atomic mass is 9.93. The predicted molar refractivity (Wildman–Crippen MR) is 105 cm³/mol. The summed E-state index contributed by atoms with van der Waals surface area (Å²) in [7, 11) is 0. The summed E-state index contributed by atoms with van der Waals surface area (Å²) in [5.41, 5.74) is 3.15. The van der Waals surface area contributed by atoms with Crippen molar-refractivity contribution in [3.8, 4) is 11.5 Å². The second-order valence-corrected chi connectivity index (χ2v) is 7.07. The van der Waals surface area contributed by atoms with Crippen molar-refractivity contribution in [2.45, 2.75) is 25.7 Å². The third-order valence-electron chi connectivity index (χ3n) is 5.31. The van der Waals surface area contributed by atoms with Crippen molar-refractivity contribution >= 4 is 17.2 Å². The van der Waals surface area contributed by atoms with Crippen molar-refractivity contribution in [1.29, 1.82) is 0 Å². The zero-order chi connectivity index (χ0) is 20.0. The Balaban J connectivity index is 1.67. The Kier molecular flexibility index (Phi) is 4.08. The summed E-state index contributed by atoms with van der Waals surface area (Å²) in [4.78, 5) is 26.1. The minimum atomic E-state index is -0.464. The second-order valence-electron chi connectivity index (χ2n) is 7.07. The van der Waals surface area contributed by atoms with Gasteiger partial charge in [-0.05, 0) is 43.4 Å². The van der Waals surface area contributed by atoms with Gasteiger partial charge in [-0.25, -0.2) is 19.3 Å². The molecular weight excluding hydrogens is 375 g/mol. The maximum absolute atomic E-state index is 13.7. The van der Waals surface area contributed by atoms with Gasteiger partial charge in [-0.1, -0.05) is 12.2 Å². The van der Waals surface area contributed by atoms with Crippen molar-refractivity contribution in [3.63, 3.8) is 0 Å². The fourth-order valence-corrected chi connectivity index (χ4v) is 3.96. The highest BCUT2D eigenvalue weighted by Gasteiger charge is 2.29. The fourth-order valence-electron chi connectivity index (χ4n) is 3.96. The van der Waals surface area contributed by atoms with Gasteiger partial charge < -0.3 is 4.90 Å². The Labute approximate surface area is 165 Å². The highest BCUT2D eigenvalue weighted by atomic mass is 19.1. The van der Waals surface area contributed by atoms with E-state index >= 15 is 0 Å². The standard InChI is InChI=1S/C20H17FN6O2/c21-14-7-8-18-22-10-16(26(18)12-14)19-23-11-17(27(28)29)20(24-19)25-9-3-5-13-4-1-2-6-15(13)25/h3,5,7-8,10-12H,1-2,4,6,9H2. The highest BCUT2D eigenvalue weighted by Crippen LogP contribution is 2.37. The van der Waals surface area contributed by atoms with Gasteiger partial charge in [0, 0.05) is 18.4 Å². The maximum Gasteiger partial charge on any atom is 0.330 e. The van der Waals surface area contributed by atoms with E-state index in [1.54, 1.807) is 16.7 Å². The van der Waals surface area contributed by atoms with Crippen LogP contribution in [0.25, 0.3) is 17.2 Å². The largest absolute Gasteiger partial charge is 0.330 e. The number of rotatable bonds is 3. The lowest BCUT2D eigenvalue weighted by Gasteiger charge is -2.32. The average Bonchev–Trinajstić information content (AvgIpc) is 3.16. The molecule has 3 aromatic heterocycles. The SMILES string of the molecule is O=[N+]([O-])c1cnc(-c2cnc3ccc(F)cn23)nc1N1CC=CC2=C1CCCC2. The number of nitrogens with zero attached hydrogens (tertiary/aromatic N) is 6. The molecule has 2 aliphatic rings. The summed E-state index contributed by atoms with van der Waals surface area (Å²) in [5, 5.41) is 11.7. The number of nitro groups is 1. The molecule has 9 heteroatoms. The summed E-state index contributed by atoms with van der Waals surface area (Å²) in [6.45, 7) is 0.512. The topological polar surface area (TPSA) is 89.5 Å². The van der Waals surface area contributed by atoms with Crippen molar-refractivity contribution in [2.75, 3.05) is 11.4 Å². The van der Waals surface area contributed by atoms with Crippen LogP contribution in [0.5, 0.6) is 0 Å². The molecule has 29 heavy (non-hydrogen) atoms. The molecule has 0 aromatic carbocycles. The van der Waals surface area contributed by atoms with Crippen LogP contribution >= 0.6 is 0 Å². The molecule has 0 unspecified atom stereocenters. The third-order valence-corrected chi connectivity index (χ3v) is 5.31. The van der Waals surface area contributed by atoms with Crippen LogP contribution in [-0.2, 0) is 0 Å². The molecule has 0 spiro atoms. The van der Waals surface area contributed by atoms with E-state index in [2.05, 4.69) is 21.0 Å². The molecule has 0 saturated heterocycles. The Morgan fingerprint density at radius 2 is 2.00 bits per heavy atom. The van der Waals surface area contributed by atoms with Gasteiger partial charge in [0.15, 0.2) is 5.82 Å². The minimum Gasteiger partial charge on any atom is -0.320 e. The number of fused-ring (bicyclic) bond motifs is 1. The van der Waals surface area contributed by atoms with E-state index in [1.807, 2.05) is 11.0 Å². The summed E-state index contributed by atoms with van der Waals surface area (Å²) >= 11 is 0. The molecule has 146 valence electrons.